The van der Waals surface area contributed by atoms with Crippen molar-refractivity contribution < 1.29 is 0 Å². The Kier molecular flexibility index (Phi) is 4.32. The molecule has 14 heavy (non-hydrogen) atoms. The van der Waals surface area contributed by atoms with E-state index >= 15 is 0 Å². The number of aromatic nitrogens is 3. The maximum atomic E-state index is 3.95. The maximum Gasteiger partial charge on any atom is 0.0932 e. The van der Waals surface area contributed by atoms with Gasteiger partial charge in [-0.25, -0.2) is 4.68 Å². The van der Waals surface area contributed by atoms with Gasteiger partial charge in [-0.1, -0.05) is 52.5 Å². The van der Waals surface area contributed by atoms with Crippen LogP contribution in [0.25, 0.3) is 0 Å². The third kappa shape index (κ3) is 3.30. The third-order valence-electron chi connectivity index (χ3n) is 1.56. The van der Waals surface area contributed by atoms with Crippen LogP contribution in [0.2, 0.25) is 0 Å². The molecule has 0 saturated heterocycles. The zero-order chi connectivity index (χ0) is 10.4. The van der Waals surface area contributed by atoms with Crippen LogP contribution in [0.3, 0.4) is 0 Å². The van der Waals surface area contributed by atoms with Crippen molar-refractivity contribution in [3.8, 4) is 0 Å². The van der Waals surface area contributed by atoms with Crippen molar-refractivity contribution in [3.63, 3.8) is 0 Å². The summed E-state index contributed by atoms with van der Waals surface area (Å²) in [6, 6.07) is 0. The number of nitrogens with zero attached hydrogens (tertiary/aromatic N) is 3. The molecule has 0 unspecified atom stereocenters. The highest BCUT2D eigenvalue weighted by molar-refractivity contribution is 9.08. The van der Waals surface area contributed by atoms with Crippen LogP contribution in [-0.4, -0.2) is 15.0 Å². The molecule has 0 atom stereocenters. The quantitative estimate of drug-likeness (QED) is 0.597. The average Bonchev–Trinajstić information content (AvgIpc) is 2.62. The summed E-state index contributed by atoms with van der Waals surface area (Å²) >= 11 is 3.31. The molecule has 0 fully saturated rings. The molecule has 1 rings (SSSR count). The predicted molar refractivity (Wildman–Crippen MR) is 61.1 cm³/mol. The monoisotopic (exact) mass is 253 g/mol. The molecule has 0 aromatic carbocycles. The first-order valence-electron chi connectivity index (χ1n) is 4.18. The molecule has 0 aliphatic rings. The molecule has 0 aliphatic heterocycles. The van der Waals surface area contributed by atoms with Gasteiger partial charge in [0.15, 0.2) is 0 Å². The van der Waals surface area contributed by atoms with Crippen LogP contribution < -0.4 is 0 Å². The summed E-state index contributed by atoms with van der Waals surface area (Å²) in [4.78, 5) is 0. The first-order valence-corrected chi connectivity index (χ1v) is 5.30. The van der Waals surface area contributed by atoms with Gasteiger partial charge in [0.25, 0.3) is 0 Å². The van der Waals surface area contributed by atoms with E-state index in [1.54, 1.807) is 10.8 Å². The van der Waals surface area contributed by atoms with E-state index in [0.29, 0.717) is 6.54 Å². The summed E-state index contributed by atoms with van der Waals surface area (Å²) in [5.74, 6) is 0. The molecule has 0 saturated carbocycles. The van der Waals surface area contributed by atoms with Crippen molar-refractivity contribution in [1.82, 2.24) is 15.0 Å². The van der Waals surface area contributed by atoms with E-state index < -0.39 is 0 Å². The standard InChI is InChI=1S/C10H12BrN3/c1-3-4-5-9(2)7-14-8-10(6-11)12-13-14/h3-5,8H,1-2,6-7H2/b5-4-. The Morgan fingerprint density at radius 1 is 1.64 bits per heavy atom. The Hall–Kier alpha value is -1.16. The van der Waals surface area contributed by atoms with Gasteiger partial charge in [0.2, 0.25) is 0 Å². The fourth-order valence-corrected chi connectivity index (χ4v) is 1.20. The number of rotatable bonds is 5. The number of allylic oxidation sites excluding steroid dienone is 4. The van der Waals surface area contributed by atoms with E-state index in [1.165, 1.54) is 0 Å². The lowest BCUT2D eigenvalue weighted by Crippen LogP contribution is -1.99. The third-order valence-corrected chi connectivity index (χ3v) is 2.13. The number of alkyl halides is 1. The smallest absolute Gasteiger partial charge is 0.0932 e. The molecule has 0 bridgehead atoms. The minimum atomic E-state index is 0.657. The summed E-state index contributed by atoms with van der Waals surface area (Å²) in [6.07, 6.45) is 7.37. The van der Waals surface area contributed by atoms with Gasteiger partial charge in [0.1, 0.15) is 0 Å². The highest BCUT2D eigenvalue weighted by Crippen LogP contribution is 2.02. The fraction of sp³-hybridized carbons (Fsp3) is 0.200. The van der Waals surface area contributed by atoms with Gasteiger partial charge < -0.3 is 0 Å². The molecule has 1 heterocycles. The largest absolute Gasteiger partial charge is 0.248 e. The average molecular weight is 254 g/mol. The second kappa shape index (κ2) is 5.54. The molecule has 0 radical (unpaired) electrons. The van der Waals surface area contributed by atoms with Gasteiger partial charge >= 0.3 is 0 Å². The van der Waals surface area contributed by atoms with Gasteiger partial charge in [-0.3, -0.25) is 0 Å². The zero-order valence-corrected chi connectivity index (χ0v) is 9.44. The summed E-state index contributed by atoms with van der Waals surface area (Å²) in [7, 11) is 0. The van der Waals surface area contributed by atoms with E-state index in [1.807, 2.05) is 18.3 Å². The summed E-state index contributed by atoms with van der Waals surface area (Å²) < 4.78 is 1.76. The van der Waals surface area contributed by atoms with Crippen molar-refractivity contribution >= 4 is 15.9 Å². The minimum absolute atomic E-state index is 0.657. The Morgan fingerprint density at radius 2 is 2.43 bits per heavy atom. The van der Waals surface area contributed by atoms with Gasteiger partial charge in [-0.15, -0.1) is 5.10 Å². The second-order valence-corrected chi connectivity index (χ2v) is 3.35. The second-order valence-electron chi connectivity index (χ2n) is 2.79. The van der Waals surface area contributed by atoms with Crippen molar-refractivity contribution in [2.45, 2.75) is 11.9 Å². The van der Waals surface area contributed by atoms with Crippen molar-refractivity contribution in [2.75, 3.05) is 0 Å². The lowest BCUT2D eigenvalue weighted by molar-refractivity contribution is 0.650. The summed E-state index contributed by atoms with van der Waals surface area (Å²) in [5, 5.41) is 8.62. The van der Waals surface area contributed by atoms with Crippen molar-refractivity contribution in [3.05, 3.63) is 48.8 Å². The first kappa shape index (κ1) is 10.9. The molecular weight excluding hydrogens is 242 g/mol. The molecular formula is C10H12BrN3. The zero-order valence-electron chi connectivity index (χ0n) is 7.86. The SMILES string of the molecule is C=C/C=C\C(=C)Cn1cc(CBr)nn1. The molecule has 4 heteroatoms. The Morgan fingerprint density at radius 3 is 3.00 bits per heavy atom. The fourth-order valence-electron chi connectivity index (χ4n) is 0.942. The molecule has 0 amide bonds. The maximum absolute atomic E-state index is 3.95. The van der Waals surface area contributed by atoms with Crippen molar-refractivity contribution in [2.24, 2.45) is 0 Å². The van der Waals surface area contributed by atoms with Gasteiger partial charge in [0.05, 0.1) is 12.2 Å². The predicted octanol–water partition coefficient (Wildman–Crippen LogP) is 2.47. The topological polar surface area (TPSA) is 30.7 Å². The minimum Gasteiger partial charge on any atom is -0.248 e. The van der Waals surface area contributed by atoms with Crippen LogP contribution in [-0.2, 0) is 11.9 Å². The highest BCUT2D eigenvalue weighted by Gasteiger charge is 1.98. The lowest BCUT2D eigenvalue weighted by atomic mass is 10.3. The van der Waals surface area contributed by atoms with Crippen LogP contribution in [0, 0.1) is 0 Å². The molecule has 3 nitrogen and oxygen atoms in total. The van der Waals surface area contributed by atoms with Crippen LogP contribution in [0.15, 0.2) is 43.2 Å². The molecule has 1 aromatic heterocycles. The van der Waals surface area contributed by atoms with Crippen LogP contribution >= 0.6 is 15.9 Å². The summed E-state index contributed by atoms with van der Waals surface area (Å²) in [5.41, 5.74) is 1.89. The van der Waals surface area contributed by atoms with E-state index in [9.17, 15) is 0 Å². The number of halogens is 1. The Labute approximate surface area is 91.9 Å². The van der Waals surface area contributed by atoms with E-state index in [4.69, 9.17) is 0 Å². The Balaban J connectivity index is 2.55. The van der Waals surface area contributed by atoms with Gasteiger partial charge in [-0.2, -0.15) is 0 Å². The molecule has 0 N–H and O–H groups in total. The molecule has 74 valence electrons. The van der Waals surface area contributed by atoms with Gasteiger partial charge in [-0.05, 0) is 5.57 Å². The molecule has 1 aromatic rings. The normalized spacial score (nSPS) is 10.6. The molecule has 0 spiro atoms. The van der Waals surface area contributed by atoms with E-state index in [2.05, 4.69) is 39.4 Å². The number of hydrogen-bond acceptors (Lipinski definition) is 2. The summed E-state index contributed by atoms with van der Waals surface area (Å²) in [6.45, 7) is 8.13. The van der Waals surface area contributed by atoms with E-state index in [0.717, 1.165) is 16.6 Å². The van der Waals surface area contributed by atoms with Crippen LogP contribution in [0.5, 0.6) is 0 Å². The number of hydrogen-bond donors (Lipinski definition) is 0. The molecule has 0 aliphatic carbocycles. The highest BCUT2D eigenvalue weighted by atomic mass is 79.9. The van der Waals surface area contributed by atoms with Crippen molar-refractivity contribution in [1.29, 1.82) is 0 Å². The lowest BCUT2D eigenvalue weighted by Gasteiger charge is -1.97. The van der Waals surface area contributed by atoms with E-state index in [-0.39, 0.29) is 0 Å². The van der Waals surface area contributed by atoms with Gasteiger partial charge in [0, 0.05) is 11.5 Å². The first-order chi connectivity index (χ1) is 6.76. The van der Waals surface area contributed by atoms with Crippen LogP contribution in [0.1, 0.15) is 5.69 Å². The Bertz CT molecular complexity index is 352. The van der Waals surface area contributed by atoms with Crippen LogP contribution in [0.4, 0.5) is 0 Å².